The van der Waals surface area contributed by atoms with Crippen LogP contribution in [0.15, 0.2) is 17.5 Å². The summed E-state index contributed by atoms with van der Waals surface area (Å²) in [6.07, 6.45) is 0. The summed E-state index contributed by atoms with van der Waals surface area (Å²) < 4.78 is 6.66. The van der Waals surface area contributed by atoms with Gasteiger partial charge in [0, 0.05) is 10.7 Å². The van der Waals surface area contributed by atoms with E-state index in [1.54, 1.807) is 18.4 Å². The first-order valence-corrected chi connectivity index (χ1v) is 6.37. The van der Waals surface area contributed by atoms with Gasteiger partial charge in [-0.2, -0.15) is 0 Å². The molecule has 0 bridgehead atoms. The van der Waals surface area contributed by atoms with Gasteiger partial charge >= 0.3 is 0 Å². The first-order chi connectivity index (χ1) is 6.77. The molecule has 3 heteroatoms. The lowest BCUT2D eigenvalue weighted by atomic mass is 10.1. The molecule has 0 unspecified atom stereocenters. The summed E-state index contributed by atoms with van der Waals surface area (Å²) in [5.74, 6) is 1.01. The van der Waals surface area contributed by atoms with Crippen molar-refractivity contribution in [1.82, 2.24) is 0 Å². The molecule has 0 N–H and O–H groups in total. The molecule has 1 nitrogen and oxygen atoms in total. The Morgan fingerprint density at radius 2 is 2.21 bits per heavy atom. The molecule has 0 fully saturated rings. The third-order valence-corrected chi connectivity index (χ3v) is 3.97. The van der Waals surface area contributed by atoms with Crippen LogP contribution < -0.4 is 4.74 Å². The molecule has 14 heavy (non-hydrogen) atoms. The molecule has 0 atom stereocenters. The molecule has 2 aromatic rings. The molecular weight excluding hydrogens is 260 g/mol. The van der Waals surface area contributed by atoms with Gasteiger partial charge in [0.1, 0.15) is 5.75 Å². The van der Waals surface area contributed by atoms with Gasteiger partial charge in [0.25, 0.3) is 0 Å². The zero-order valence-corrected chi connectivity index (χ0v) is 10.5. The maximum Gasteiger partial charge on any atom is 0.139 e. The van der Waals surface area contributed by atoms with Gasteiger partial charge in [-0.15, -0.1) is 11.3 Å². The summed E-state index contributed by atoms with van der Waals surface area (Å²) in [5, 5.41) is 4.38. The van der Waals surface area contributed by atoms with Crippen LogP contribution in [0.3, 0.4) is 0 Å². The number of halogens is 1. The smallest absolute Gasteiger partial charge is 0.139 e. The van der Waals surface area contributed by atoms with Crippen molar-refractivity contribution in [2.75, 3.05) is 7.11 Å². The van der Waals surface area contributed by atoms with E-state index >= 15 is 0 Å². The Morgan fingerprint density at radius 3 is 2.86 bits per heavy atom. The van der Waals surface area contributed by atoms with Gasteiger partial charge in [-0.3, -0.25) is 0 Å². The summed E-state index contributed by atoms with van der Waals surface area (Å²) >= 11 is 5.24. The first kappa shape index (κ1) is 9.99. The predicted molar refractivity (Wildman–Crippen MR) is 65.7 cm³/mol. The van der Waals surface area contributed by atoms with Gasteiger partial charge in [0.2, 0.25) is 0 Å². The van der Waals surface area contributed by atoms with Crippen LogP contribution in [0.2, 0.25) is 0 Å². The Bertz CT molecular complexity index is 462. The van der Waals surface area contributed by atoms with Crippen LogP contribution in [0.25, 0.3) is 10.1 Å². The molecule has 0 aliphatic rings. The molecule has 0 aliphatic carbocycles. The third kappa shape index (κ3) is 1.44. The normalized spacial score (nSPS) is 10.8. The van der Waals surface area contributed by atoms with E-state index in [1.807, 2.05) is 0 Å². The van der Waals surface area contributed by atoms with Gasteiger partial charge in [-0.25, -0.2) is 0 Å². The number of thiophene rings is 1. The van der Waals surface area contributed by atoms with E-state index in [4.69, 9.17) is 4.74 Å². The lowest BCUT2D eigenvalue weighted by molar-refractivity contribution is 0.417. The van der Waals surface area contributed by atoms with Crippen LogP contribution >= 0.6 is 27.3 Å². The van der Waals surface area contributed by atoms with Gasteiger partial charge in [0.05, 0.1) is 11.8 Å². The molecule has 1 heterocycles. The van der Waals surface area contributed by atoms with Crippen LogP contribution in [0.4, 0.5) is 0 Å². The average molecular weight is 271 g/mol. The highest BCUT2D eigenvalue weighted by atomic mass is 79.9. The summed E-state index contributed by atoms with van der Waals surface area (Å²) in [6.45, 7) is 2.08. The predicted octanol–water partition coefficient (Wildman–Crippen LogP) is 4.11. The van der Waals surface area contributed by atoms with Crippen molar-refractivity contribution >= 4 is 37.4 Å². The molecular formula is C11H11BrOS. The largest absolute Gasteiger partial charge is 0.495 e. The Labute approximate surface area is 95.8 Å². The summed E-state index contributed by atoms with van der Waals surface area (Å²) in [6, 6.07) is 4.28. The second-order valence-electron chi connectivity index (χ2n) is 3.19. The topological polar surface area (TPSA) is 9.23 Å². The molecule has 1 aromatic heterocycles. The highest BCUT2D eigenvalue weighted by Crippen LogP contribution is 2.36. The number of fused-ring (bicyclic) bond motifs is 1. The third-order valence-electron chi connectivity index (χ3n) is 2.32. The van der Waals surface area contributed by atoms with Gasteiger partial charge in [-0.1, -0.05) is 28.1 Å². The highest BCUT2D eigenvalue weighted by molar-refractivity contribution is 9.08. The molecule has 0 saturated carbocycles. The molecule has 0 amide bonds. The minimum Gasteiger partial charge on any atom is -0.495 e. The lowest BCUT2D eigenvalue weighted by Gasteiger charge is -2.05. The number of benzene rings is 1. The Balaban J connectivity index is 2.76. The van der Waals surface area contributed by atoms with Crippen molar-refractivity contribution in [3.63, 3.8) is 0 Å². The van der Waals surface area contributed by atoms with E-state index in [0.717, 1.165) is 11.1 Å². The standard InChI is InChI=1S/C11H11BrOS/c1-7-3-4-9-8(5-12)6-14-11(9)10(7)13-2/h3-4,6H,5H2,1-2H3. The zero-order chi connectivity index (χ0) is 10.1. The maximum atomic E-state index is 5.41. The first-order valence-electron chi connectivity index (χ1n) is 4.37. The Hall–Kier alpha value is -0.540. The molecule has 0 spiro atoms. The fraction of sp³-hybridized carbons (Fsp3) is 0.273. The number of alkyl halides is 1. The van der Waals surface area contributed by atoms with Gasteiger partial charge < -0.3 is 4.74 Å². The van der Waals surface area contributed by atoms with E-state index in [0.29, 0.717) is 0 Å². The van der Waals surface area contributed by atoms with Gasteiger partial charge in [0.15, 0.2) is 0 Å². The lowest BCUT2D eigenvalue weighted by Crippen LogP contribution is -1.86. The fourth-order valence-corrected chi connectivity index (χ4v) is 3.41. The zero-order valence-electron chi connectivity index (χ0n) is 8.13. The second-order valence-corrected chi connectivity index (χ2v) is 4.63. The Morgan fingerprint density at radius 1 is 1.43 bits per heavy atom. The minimum atomic E-state index is 0.902. The monoisotopic (exact) mass is 270 g/mol. The second kappa shape index (κ2) is 3.91. The minimum absolute atomic E-state index is 0.902. The van der Waals surface area contributed by atoms with Crippen molar-refractivity contribution in [1.29, 1.82) is 0 Å². The quantitative estimate of drug-likeness (QED) is 0.747. The summed E-state index contributed by atoms with van der Waals surface area (Å²) in [7, 11) is 1.73. The molecule has 1 aromatic carbocycles. The van der Waals surface area contributed by atoms with Crippen molar-refractivity contribution in [2.45, 2.75) is 12.3 Å². The molecule has 0 aliphatic heterocycles. The molecule has 74 valence electrons. The van der Waals surface area contributed by atoms with E-state index in [-0.39, 0.29) is 0 Å². The fourth-order valence-electron chi connectivity index (χ4n) is 1.58. The van der Waals surface area contributed by atoms with Crippen molar-refractivity contribution < 1.29 is 4.74 Å². The number of ether oxygens (including phenoxy) is 1. The van der Waals surface area contributed by atoms with Crippen LogP contribution in [0.5, 0.6) is 5.75 Å². The Kier molecular flexibility index (Phi) is 2.79. The van der Waals surface area contributed by atoms with Crippen molar-refractivity contribution in [3.8, 4) is 5.75 Å². The van der Waals surface area contributed by atoms with Gasteiger partial charge in [-0.05, 0) is 23.4 Å². The average Bonchev–Trinajstić information content (AvgIpc) is 2.60. The molecule has 0 saturated heterocycles. The maximum absolute atomic E-state index is 5.41. The SMILES string of the molecule is COc1c(C)ccc2c(CBr)csc12. The number of rotatable bonds is 2. The van der Waals surface area contributed by atoms with Crippen LogP contribution in [0.1, 0.15) is 11.1 Å². The summed E-state index contributed by atoms with van der Waals surface area (Å²) in [4.78, 5) is 0. The highest BCUT2D eigenvalue weighted by Gasteiger charge is 2.09. The van der Waals surface area contributed by atoms with E-state index in [1.165, 1.54) is 21.2 Å². The number of aryl methyl sites for hydroxylation is 1. The van der Waals surface area contributed by atoms with Crippen molar-refractivity contribution in [3.05, 3.63) is 28.6 Å². The van der Waals surface area contributed by atoms with E-state index in [2.05, 4.69) is 40.4 Å². The molecule has 0 radical (unpaired) electrons. The number of hydrogen-bond acceptors (Lipinski definition) is 2. The van der Waals surface area contributed by atoms with Crippen LogP contribution in [-0.2, 0) is 5.33 Å². The molecule has 2 rings (SSSR count). The van der Waals surface area contributed by atoms with E-state index in [9.17, 15) is 0 Å². The number of methoxy groups -OCH3 is 1. The number of hydrogen-bond donors (Lipinski definition) is 0. The van der Waals surface area contributed by atoms with Crippen molar-refractivity contribution in [2.24, 2.45) is 0 Å². The van der Waals surface area contributed by atoms with Crippen LogP contribution in [-0.4, -0.2) is 7.11 Å². The van der Waals surface area contributed by atoms with Crippen LogP contribution in [0, 0.1) is 6.92 Å². The van der Waals surface area contributed by atoms with E-state index < -0.39 is 0 Å². The summed E-state index contributed by atoms with van der Waals surface area (Å²) in [5.41, 5.74) is 2.53.